The maximum absolute atomic E-state index is 8.20. The fourth-order valence-electron chi connectivity index (χ4n) is 1.20. The molecule has 0 unspecified atom stereocenters. The van der Waals surface area contributed by atoms with Gasteiger partial charge < -0.3 is 26.5 Å². The van der Waals surface area contributed by atoms with Crippen LogP contribution in [0.5, 0.6) is 0 Å². The average Bonchev–Trinajstić information content (AvgIpc) is 1.84. The van der Waals surface area contributed by atoms with Crippen molar-refractivity contribution < 1.29 is 19.5 Å². The molecule has 4 nitrogen and oxygen atoms in total. The number of hydrogen-bond acceptors (Lipinski definition) is 3. The quantitative estimate of drug-likeness (QED) is 0.547. The Hall–Kier alpha value is 0.680. The van der Waals surface area contributed by atoms with E-state index in [2.05, 4.69) is 0 Å². The molecule has 0 aliphatic carbocycles. The molecule has 0 aromatic rings. The van der Waals surface area contributed by atoms with Gasteiger partial charge in [-0.15, -0.1) is 0 Å². The summed E-state index contributed by atoms with van der Waals surface area (Å²) in [6.07, 6.45) is 0. The first kappa shape index (κ1) is 19.3. The van der Waals surface area contributed by atoms with E-state index in [0.29, 0.717) is 0 Å². The Bertz CT molecular complexity index is 108. The minimum atomic E-state index is -2.23. The molecule has 76 valence electrons. The molecule has 0 amide bonds. The number of hydrogen-bond donors (Lipinski definition) is 0. The van der Waals surface area contributed by atoms with Crippen LogP contribution in [0.15, 0.2) is 0 Å². The van der Waals surface area contributed by atoms with Crippen molar-refractivity contribution in [2.45, 2.75) is 0 Å². The number of nitrogens with zero attached hydrogens (tertiary/aromatic N) is 3. The maximum Gasteiger partial charge on any atom is 2.00 e. The summed E-state index contributed by atoms with van der Waals surface area (Å²) in [5.74, 6) is 0. The zero-order valence-electron chi connectivity index (χ0n) is 10.0. The van der Waals surface area contributed by atoms with Crippen molar-refractivity contribution in [2.75, 3.05) is 42.3 Å². The molecule has 0 rings (SSSR count). The van der Waals surface area contributed by atoms with Crippen LogP contribution in [0, 0.1) is 7.43 Å². The molecule has 0 bridgehead atoms. The second-order valence-electron chi connectivity index (χ2n) is 3.32. The molecule has 0 heterocycles. The SMILES string of the molecule is CN(C)[Si]([NH-])(N(C)C)N(C)C.[CH3-].[Zn+2]. The summed E-state index contributed by atoms with van der Waals surface area (Å²) in [6, 6.07) is 0. The Morgan fingerprint density at radius 3 is 0.923 bits per heavy atom. The monoisotopic (exact) mass is 254 g/mol. The van der Waals surface area contributed by atoms with Gasteiger partial charge in [-0.25, -0.2) is 0 Å². The van der Waals surface area contributed by atoms with Gasteiger partial charge in [-0.3, -0.25) is 0 Å². The van der Waals surface area contributed by atoms with Gasteiger partial charge >= 0.3 is 19.5 Å². The van der Waals surface area contributed by atoms with Crippen LogP contribution in [-0.4, -0.2) is 64.7 Å². The molecule has 0 saturated heterocycles. The molecule has 13 heavy (non-hydrogen) atoms. The van der Waals surface area contributed by atoms with E-state index in [0.717, 1.165) is 0 Å². The van der Waals surface area contributed by atoms with Crippen LogP contribution in [0.2, 0.25) is 0 Å². The number of rotatable bonds is 3. The maximum atomic E-state index is 8.20. The molecule has 0 aromatic heterocycles. The molecule has 0 atom stereocenters. The summed E-state index contributed by atoms with van der Waals surface area (Å²) in [7, 11) is 9.51. The zero-order chi connectivity index (χ0) is 9.23. The third-order valence-electron chi connectivity index (χ3n) is 1.87. The largest absolute Gasteiger partial charge is 2.00 e. The van der Waals surface area contributed by atoms with Gasteiger partial charge in [0.15, 0.2) is 8.72 Å². The predicted octanol–water partition coefficient (Wildman–Crippen LogP) is 0.607. The van der Waals surface area contributed by atoms with Crippen molar-refractivity contribution in [1.82, 2.24) is 13.7 Å². The Kier molecular flexibility index (Phi) is 10.4. The Labute approximate surface area is 97.1 Å². The van der Waals surface area contributed by atoms with Crippen LogP contribution in [0.25, 0.3) is 5.40 Å². The van der Waals surface area contributed by atoms with Crippen molar-refractivity contribution in [3.63, 3.8) is 0 Å². The molecular formula is C7H22N4SiZn. The van der Waals surface area contributed by atoms with Crippen LogP contribution < -0.4 is 0 Å². The smallest absolute Gasteiger partial charge is 0.641 e. The van der Waals surface area contributed by atoms with Crippen molar-refractivity contribution in [3.05, 3.63) is 12.8 Å². The summed E-state index contributed by atoms with van der Waals surface area (Å²) in [5, 5.41) is 8.20. The third-order valence-corrected chi connectivity index (χ3v) is 5.61. The number of nitrogens with one attached hydrogen (secondary N) is 1. The van der Waals surface area contributed by atoms with Crippen molar-refractivity contribution in [1.29, 1.82) is 0 Å². The van der Waals surface area contributed by atoms with E-state index in [4.69, 9.17) is 5.40 Å². The van der Waals surface area contributed by atoms with Crippen LogP contribution in [0.3, 0.4) is 0 Å². The van der Waals surface area contributed by atoms with Crippen LogP contribution in [0.4, 0.5) is 0 Å². The summed E-state index contributed by atoms with van der Waals surface area (Å²) >= 11 is 0. The molecule has 0 aliphatic rings. The van der Waals surface area contributed by atoms with Gasteiger partial charge in [-0.1, -0.05) is 0 Å². The predicted molar refractivity (Wildman–Crippen MR) is 57.6 cm³/mol. The Morgan fingerprint density at radius 1 is 0.769 bits per heavy atom. The Morgan fingerprint density at radius 2 is 0.923 bits per heavy atom. The van der Waals surface area contributed by atoms with Gasteiger partial charge in [-0.2, -0.15) is 0 Å². The molecule has 0 saturated carbocycles. The average molecular weight is 256 g/mol. The van der Waals surface area contributed by atoms with E-state index >= 15 is 0 Å². The molecule has 6 heteroatoms. The standard InChI is InChI=1S/C6H19N4Si.CH3.Zn/c1-8(2)11(7,9(3)4)10(5)6;;/h7H,1-6H3;1H3;/q2*-1;+2. The molecule has 0 spiro atoms. The first-order valence-electron chi connectivity index (χ1n) is 3.60. The molecule has 0 aliphatic heterocycles. The molecule has 0 radical (unpaired) electrons. The fraction of sp³-hybridized carbons (Fsp3) is 0.857. The summed E-state index contributed by atoms with van der Waals surface area (Å²) in [6.45, 7) is 0. The molecule has 0 fully saturated rings. The fourth-order valence-corrected chi connectivity index (χ4v) is 3.60. The van der Waals surface area contributed by atoms with E-state index in [-0.39, 0.29) is 26.9 Å². The molecule has 0 aromatic carbocycles. The van der Waals surface area contributed by atoms with E-state index in [1.54, 1.807) is 0 Å². The summed E-state index contributed by atoms with van der Waals surface area (Å²) < 4.78 is 5.98. The molecule has 1 N–H and O–H groups in total. The van der Waals surface area contributed by atoms with E-state index in [1.165, 1.54) is 0 Å². The summed E-state index contributed by atoms with van der Waals surface area (Å²) in [5.41, 5.74) is 0. The second kappa shape index (κ2) is 7.04. The second-order valence-corrected chi connectivity index (χ2v) is 7.27. The van der Waals surface area contributed by atoms with Crippen LogP contribution in [0.1, 0.15) is 0 Å². The van der Waals surface area contributed by atoms with Gasteiger partial charge in [0.1, 0.15) is 0 Å². The van der Waals surface area contributed by atoms with Crippen molar-refractivity contribution in [2.24, 2.45) is 0 Å². The topological polar surface area (TPSA) is 33.5 Å². The normalized spacial score (nSPS) is 11.5. The van der Waals surface area contributed by atoms with E-state index in [9.17, 15) is 0 Å². The van der Waals surface area contributed by atoms with E-state index < -0.39 is 8.72 Å². The van der Waals surface area contributed by atoms with E-state index in [1.807, 2.05) is 56.0 Å². The van der Waals surface area contributed by atoms with Gasteiger partial charge in [-0.05, 0) is 42.3 Å². The van der Waals surface area contributed by atoms with Crippen LogP contribution in [-0.2, 0) is 19.5 Å². The third kappa shape index (κ3) is 4.15. The first-order chi connectivity index (χ1) is 4.83. The van der Waals surface area contributed by atoms with Crippen LogP contribution >= 0.6 is 0 Å². The first-order valence-corrected chi connectivity index (χ1v) is 5.45. The molecular weight excluding hydrogens is 234 g/mol. The minimum Gasteiger partial charge on any atom is -0.641 e. The van der Waals surface area contributed by atoms with Gasteiger partial charge in [0.25, 0.3) is 0 Å². The summed E-state index contributed by atoms with van der Waals surface area (Å²) in [4.78, 5) is 0. The zero-order valence-corrected chi connectivity index (χ0v) is 14.0. The van der Waals surface area contributed by atoms with Gasteiger partial charge in [0.05, 0.1) is 0 Å². The van der Waals surface area contributed by atoms with Gasteiger partial charge in [0.2, 0.25) is 0 Å². The van der Waals surface area contributed by atoms with Crippen molar-refractivity contribution >= 4 is 8.72 Å². The van der Waals surface area contributed by atoms with Gasteiger partial charge in [0, 0.05) is 0 Å². The minimum absolute atomic E-state index is 0. The Balaban J connectivity index is -0.000000500. The van der Waals surface area contributed by atoms with Crippen molar-refractivity contribution in [3.8, 4) is 0 Å².